The van der Waals surface area contributed by atoms with Crippen molar-refractivity contribution in [2.75, 3.05) is 27.2 Å². The van der Waals surface area contributed by atoms with E-state index in [-0.39, 0.29) is 0 Å². The van der Waals surface area contributed by atoms with Crippen LogP contribution in [0, 0.1) is 0 Å². The largest absolute Gasteiger partial charge is 0.310 e. The first-order valence-electron chi connectivity index (χ1n) is 6.93. The summed E-state index contributed by atoms with van der Waals surface area (Å²) in [6.07, 6.45) is 4.94. The van der Waals surface area contributed by atoms with Gasteiger partial charge in [0.2, 0.25) is 0 Å². The van der Waals surface area contributed by atoms with Gasteiger partial charge >= 0.3 is 0 Å². The van der Waals surface area contributed by atoms with E-state index in [4.69, 9.17) is 0 Å². The fraction of sp³-hybridized carbons (Fsp3) is 0.438. The fourth-order valence-electron chi connectivity index (χ4n) is 2.44. The third-order valence-electron chi connectivity index (χ3n) is 3.41. The van der Waals surface area contributed by atoms with Gasteiger partial charge in [0.15, 0.2) is 0 Å². The first-order chi connectivity index (χ1) is 9.22. The van der Waals surface area contributed by atoms with Gasteiger partial charge in [0.1, 0.15) is 0 Å². The lowest BCUT2D eigenvalue weighted by Crippen LogP contribution is -2.25. The lowest BCUT2D eigenvalue weighted by atomic mass is 9.98. The van der Waals surface area contributed by atoms with Crippen LogP contribution in [-0.4, -0.2) is 37.1 Å². The average molecular weight is 257 g/mol. The summed E-state index contributed by atoms with van der Waals surface area (Å²) < 4.78 is 0. The van der Waals surface area contributed by atoms with Crippen LogP contribution >= 0.6 is 0 Å². The Kier molecular flexibility index (Phi) is 4.88. The Morgan fingerprint density at radius 2 is 2.11 bits per heavy atom. The number of pyridine rings is 1. The highest BCUT2D eigenvalue weighted by molar-refractivity contribution is 5.85. The Labute approximate surface area is 115 Å². The number of rotatable bonds is 6. The van der Waals surface area contributed by atoms with Crippen molar-refractivity contribution in [1.29, 1.82) is 0 Å². The molecular formula is C16H23N3. The van der Waals surface area contributed by atoms with Crippen LogP contribution in [0.1, 0.15) is 24.9 Å². The standard InChI is InChI=1S/C16H23N3/c1-4-18-16(9-11-19(2)3)14-7-5-6-13-8-10-17-12-15(13)14/h5-8,10,12,16,18H,4,9,11H2,1-3H3. The van der Waals surface area contributed by atoms with E-state index in [1.807, 2.05) is 12.4 Å². The summed E-state index contributed by atoms with van der Waals surface area (Å²) in [6.45, 7) is 4.22. The van der Waals surface area contributed by atoms with Gasteiger partial charge in [-0.3, -0.25) is 4.98 Å². The summed E-state index contributed by atoms with van der Waals surface area (Å²) in [7, 11) is 4.24. The van der Waals surface area contributed by atoms with Gasteiger partial charge in [-0.15, -0.1) is 0 Å². The molecule has 0 radical (unpaired) electrons. The molecule has 102 valence electrons. The molecular weight excluding hydrogens is 234 g/mol. The second-order valence-electron chi connectivity index (χ2n) is 5.15. The molecule has 0 saturated heterocycles. The van der Waals surface area contributed by atoms with Gasteiger partial charge in [-0.25, -0.2) is 0 Å². The molecule has 0 spiro atoms. The lowest BCUT2D eigenvalue weighted by molar-refractivity contribution is 0.364. The van der Waals surface area contributed by atoms with Crippen LogP contribution < -0.4 is 5.32 Å². The molecule has 2 aromatic rings. The van der Waals surface area contributed by atoms with Gasteiger partial charge in [-0.2, -0.15) is 0 Å². The molecule has 0 bridgehead atoms. The molecule has 1 N–H and O–H groups in total. The van der Waals surface area contributed by atoms with Crippen molar-refractivity contribution in [2.24, 2.45) is 0 Å². The number of nitrogens with one attached hydrogen (secondary N) is 1. The van der Waals surface area contributed by atoms with E-state index in [1.54, 1.807) is 0 Å². The van der Waals surface area contributed by atoms with Gasteiger partial charge in [0.05, 0.1) is 0 Å². The van der Waals surface area contributed by atoms with E-state index in [0.717, 1.165) is 19.5 Å². The SMILES string of the molecule is CCNC(CCN(C)C)c1cccc2ccncc12. The normalized spacial score (nSPS) is 13.1. The maximum atomic E-state index is 4.27. The summed E-state index contributed by atoms with van der Waals surface area (Å²) in [5.41, 5.74) is 1.36. The highest BCUT2D eigenvalue weighted by Gasteiger charge is 2.13. The molecule has 1 aromatic heterocycles. The number of hydrogen-bond donors (Lipinski definition) is 1. The minimum Gasteiger partial charge on any atom is -0.310 e. The van der Waals surface area contributed by atoms with Crippen LogP contribution in [0.4, 0.5) is 0 Å². The number of nitrogens with zero attached hydrogens (tertiary/aromatic N) is 2. The smallest absolute Gasteiger partial charge is 0.0349 e. The van der Waals surface area contributed by atoms with Gasteiger partial charge in [0.25, 0.3) is 0 Å². The van der Waals surface area contributed by atoms with Gasteiger partial charge in [-0.1, -0.05) is 25.1 Å². The minimum atomic E-state index is 0.389. The first-order valence-corrected chi connectivity index (χ1v) is 6.93. The van der Waals surface area contributed by atoms with Crippen molar-refractivity contribution in [1.82, 2.24) is 15.2 Å². The number of hydrogen-bond acceptors (Lipinski definition) is 3. The van der Waals surface area contributed by atoms with Crippen LogP contribution in [0.15, 0.2) is 36.7 Å². The third kappa shape index (κ3) is 3.52. The molecule has 19 heavy (non-hydrogen) atoms. The van der Waals surface area contributed by atoms with Crippen molar-refractivity contribution in [2.45, 2.75) is 19.4 Å². The Balaban J connectivity index is 2.32. The molecule has 0 aliphatic heterocycles. The molecule has 0 amide bonds. The molecule has 0 aliphatic rings. The monoisotopic (exact) mass is 257 g/mol. The van der Waals surface area contributed by atoms with Crippen molar-refractivity contribution < 1.29 is 0 Å². The molecule has 2 rings (SSSR count). The van der Waals surface area contributed by atoms with Crippen LogP contribution in [0.5, 0.6) is 0 Å². The van der Waals surface area contributed by atoms with Crippen molar-refractivity contribution >= 4 is 10.8 Å². The minimum absolute atomic E-state index is 0.389. The maximum absolute atomic E-state index is 4.27. The number of benzene rings is 1. The number of fused-ring (bicyclic) bond motifs is 1. The summed E-state index contributed by atoms with van der Waals surface area (Å²) >= 11 is 0. The maximum Gasteiger partial charge on any atom is 0.0349 e. The molecule has 0 fully saturated rings. The average Bonchev–Trinajstić information content (AvgIpc) is 2.43. The highest BCUT2D eigenvalue weighted by atomic mass is 15.1. The van der Waals surface area contributed by atoms with Crippen LogP contribution in [0.2, 0.25) is 0 Å². The second-order valence-corrected chi connectivity index (χ2v) is 5.15. The van der Waals surface area contributed by atoms with E-state index in [2.05, 4.69) is 60.5 Å². The molecule has 0 aliphatic carbocycles. The van der Waals surface area contributed by atoms with E-state index in [1.165, 1.54) is 16.3 Å². The van der Waals surface area contributed by atoms with Crippen molar-refractivity contribution in [3.05, 3.63) is 42.2 Å². The molecule has 1 unspecified atom stereocenters. The van der Waals surface area contributed by atoms with Crippen molar-refractivity contribution in [3.63, 3.8) is 0 Å². The Hall–Kier alpha value is -1.45. The van der Waals surface area contributed by atoms with E-state index >= 15 is 0 Å². The van der Waals surface area contributed by atoms with E-state index < -0.39 is 0 Å². The predicted molar refractivity (Wildman–Crippen MR) is 81.3 cm³/mol. The van der Waals surface area contributed by atoms with Crippen LogP contribution in [0.25, 0.3) is 10.8 Å². The predicted octanol–water partition coefficient (Wildman–Crippen LogP) is 2.84. The highest BCUT2D eigenvalue weighted by Crippen LogP contribution is 2.25. The number of aromatic nitrogens is 1. The first kappa shape index (κ1) is 14.0. The Morgan fingerprint density at radius 1 is 1.26 bits per heavy atom. The summed E-state index contributed by atoms with van der Waals surface area (Å²) in [5.74, 6) is 0. The van der Waals surface area contributed by atoms with Gasteiger partial charge in [0, 0.05) is 23.8 Å². The lowest BCUT2D eigenvalue weighted by Gasteiger charge is -2.22. The molecule has 1 aromatic carbocycles. The molecule has 3 nitrogen and oxygen atoms in total. The molecule has 0 saturated carbocycles. The quantitative estimate of drug-likeness (QED) is 0.862. The van der Waals surface area contributed by atoms with Crippen LogP contribution in [-0.2, 0) is 0 Å². The fourth-order valence-corrected chi connectivity index (χ4v) is 2.44. The van der Waals surface area contributed by atoms with Gasteiger partial charge in [-0.05, 0) is 50.6 Å². The third-order valence-corrected chi connectivity index (χ3v) is 3.41. The zero-order chi connectivity index (χ0) is 13.7. The Morgan fingerprint density at radius 3 is 2.84 bits per heavy atom. The zero-order valence-corrected chi connectivity index (χ0v) is 12.1. The second kappa shape index (κ2) is 6.64. The van der Waals surface area contributed by atoms with Crippen LogP contribution in [0.3, 0.4) is 0 Å². The Bertz CT molecular complexity index is 517. The van der Waals surface area contributed by atoms with Gasteiger partial charge < -0.3 is 10.2 Å². The summed E-state index contributed by atoms with van der Waals surface area (Å²) in [4.78, 5) is 6.50. The summed E-state index contributed by atoms with van der Waals surface area (Å²) in [6, 6.07) is 8.97. The van der Waals surface area contributed by atoms with E-state index in [9.17, 15) is 0 Å². The topological polar surface area (TPSA) is 28.2 Å². The molecule has 1 heterocycles. The molecule has 1 atom stereocenters. The van der Waals surface area contributed by atoms with Crippen molar-refractivity contribution in [3.8, 4) is 0 Å². The summed E-state index contributed by atoms with van der Waals surface area (Å²) in [5, 5.41) is 6.12. The molecule has 3 heteroatoms. The van der Waals surface area contributed by atoms with E-state index in [0.29, 0.717) is 6.04 Å². The zero-order valence-electron chi connectivity index (χ0n) is 12.1.